The number of halogens is 1. The molecule has 1 aromatic carbocycles. The summed E-state index contributed by atoms with van der Waals surface area (Å²) in [6.45, 7) is 3.63. The van der Waals surface area contributed by atoms with Crippen LogP contribution in [-0.2, 0) is 4.79 Å². The summed E-state index contributed by atoms with van der Waals surface area (Å²) >= 11 is 3.18. The minimum atomic E-state index is -0.248. The van der Waals surface area contributed by atoms with Crippen molar-refractivity contribution in [2.75, 3.05) is 5.32 Å². The van der Waals surface area contributed by atoms with Crippen LogP contribution in [-0.4, -0.2) is 10.7 Å². The van der Waals surface area contributed by atoms with E-state index in [1.165, 1.54) is 0 Å². The first-order chi connectivity index (χ1) is 7.04. The van der Waals surface area contributed by atoms with Crippen LogP contribution in [0.1, 0.15) is 18.1 Å². The van der Waals surface area contributed by atoms with Crippen molar-refractivity contribution >= 4 is 27.5 Å². The van der Waals surface area contributed by atoms with E-state index in [4.69, 9.17) is 5.26 Å². The van der Waals surface area contributed by atoms with E-state index in [0.29, 0.717) is 11.3 Å². The number of nitrogens with zero attached hydrogens (tertiary/aromatic N) is 1. The van der Waals surface area contributed by atoms with Crippen LogP contribution >= 0.6 is 15.9 Å². The summed E-state index contributed by atoms with van der Waals surface area (Å²) in [5.74, 6) is -0.117. The Labute approximate surface area is 97.2 Å². The lowest BCUT2D eigenvalue weighted by Gasteiger charge is -2.09. The topological polar surface area (TPSA) is 52.9 Å². The van der Waals surface area contributed by atoms with E-state index in [1.54, 1.807) is 19.1 Å². The van der Waals surface area contributed by atoms with Crippen LogP contribution in [0, 0.1) is 18.3 Å². The standard InChI is InChI=1S/C11H11BrN2O/c1-7-3-4-9(6-13)5-10(7)14-11(15)8(2)12/h3-5,8H,1-2H3,(H,14,15). The van der Waals surface area contributed by atoms with E-state index in [0.717, 1.165) is 5.56 Å². The van der Waals surface area contributed by atoms with Gasteiger partial charge in [0, 0.05) is 5.69 Å². The van der Waals surface area contributed by atoms with Crippen molar-refractivity contribution in [3.05, 3.63) is 29.3 Å². The molecule has 0 aromatic heterocycles. The largest absolute Gasteiger partial charge is 0.325 e. The third-order valence-corrected chi connectivity index (χ3v) is 2.40. The van der Waals surface area contributed by atoms with Gasteiger partial charge in [0.2, 0.25) is 5.91 Å². The van der Waals surface area contributed by atoms with Gasteiger partial charge in [-0.15, -0.1) is 0 Å². The summed E-state index contributed by atoms with van der Waals surface area (Å²) < 4.78 is 0. The van der Waals surface area contributed by atoms with Crippen molar-refractivity contribution in [1.29, 1.82) is 5.26 Å². The van der Waals surface area contributed by atoms with Crippen LogP contribution in [0.25, 0.3) is 0 Å². The summed E-state index contributed by atoms with van der Waals surface area (Å²) in [4.78, 5) is 11.2. The SMILES string of the molecule is Cc1ccc(C#N)cc1NC(=O)C(C)Br. The molecule has 0 spiro atoms. The van der Waals surface area contributed by atoms with Gasteiger partial charge in [-0.2, -0.15) is 5.26 Å². The second-order valence-corrected chi connectivity index (χ2v) is 4.62. The zero-order valence-electron chi connectivity index (χ0n) is 8.54. The lowest BCUT2D eigenvalue weighted by atomic mass is 10.1. The van der Waals surface area contributed by atoms with Gasteiger partial charge in [-0.25, -0.2) is 0 Å². The average molecular weight is 267 g/mol. The maximum atomic E-state index is 11.4. The van der Waals surface area contributed by atoms with Gasteiger partial charge in [0.25, 0.3) is 0 Å². The number of anilines is 1. The molecule has 1 unspecified atom stereocenters. The number of carbonyl (C=O) groups excluding carboxylic acids is 1. The fraction of sp³-hybridized carbons (Fsp3) is 0.273. The summed E-state index contributed by atoms with van der Waals surface area (Å²) in [7, 11) is 0. The second kappa shape index (κ2) is 4.94. The molecule has 0 saturated heterocycles. The van der Waals surface area contributed by atoms with E-state index >= 15 is 0 Å². The molecule has 0 aliphatic heterocycles. The van der Waals surface area contributed by atoms with Gasteiger partial charge in [0.15, 0.2) is 0 Å². The smallest absolute Gasteiger partial charge is 0.237 e. The van der Waals surface area contributed by atoms with E-state index in [1.807, 2.05) is 19.1 Å². The predicted molar refractivity (Wildman–Crippen MR) is 62.9 cm³/mol. The van der Waals surface area contributed by atoms with Crippen LogP contribution in [0.2, 0.25) is 0 Å². The summed E-state index contributed by atoms with van der Waals surface area (Å²) in [6, 6.07) is 7.24. The first-order valence-corrected chi connectivity index (χ1v) is 5.42. The van der Waals surface area contributed by atoms with Crippen LogP contribution in [0.5, 0.6) is 0 Å². The summed E-state index contributed by atoms with van der Waals surface area (Å²) in [5.41, 5.74) is 2.17. The predicted octanol–water partition coefficient (Wildman–Crippen LogP) is 2.59. The zero-order chi connectivity index (χ0) is 11.4. The molecule has 1 rings (SSSR count). The summed E-state index contributed by atoms with van der Waals surface area (Å²) in [5, 5.41) is 11.5. The second-order valence-electron chi connectivity index (χ2n) is 3.25. The van der Waals surface area contributed by atoms with Crippen LogP contribution < -0.4 is 5.32 Å². The molecule has 1 atom stereocenters. The highest BCUT2D eigenvalue weighted by Gasteiger charge is 2.10. The minimum absolute atomic E-state index is 0.117. The van der Waals surface area contributed by atoms with Crippen LogP contribution in [0.4, 0.5) is 5.69 Å². The normalized spacial score (nSPS) is 11.6. The molecule has 0 heterocycles. The molecule has 78 valence electrons. The first kappa shape index (κ1) is 11.7. The van der Waals surface area contributed by atoms with Gasteiger partial charge < -0.3 is 5.32 Å². The number of hydrogen-bond acceptors (Lipinski definition) is 2. The van der Waals surface area contributed by atoms with Gasteiger partial charge in [-0.3, -0.25) is 4.79 Å². The van der Waals surface area contributed by atoms with Crippen molar-refractivity contribution in [1.82, 2.24) is 0 Å². The number of rotatable bonds is 2. The van der Waals surface area contributed by atoms with E-state index in [9.17, 15) is 4.79 Å². The molecule has 0 bridgehead atoms. The first-order valence-electron chi connectivity index (χ1n) is 4.50. The Morgan fingerprint density at radius 1 is 1.60 bits per heavy atom. The van der Waals surface area contributed by atoms with Gasteiger partial charge in [-0.1, -0.05) is 22.0 Å². The number of benzene rings is 1. The molecule has 0 saturated carbocycles. The molecule has 0 fully saturated rings. The van der Waals surface area contributed by atoms with Gasteiger partial charge in [0.1, 0.15) is 0 Å². The number of carbonyl (C=O) groups is 1. The molecule has 0 aliphatic carbocycles. The number of hydrogen-bond donors (Lipinski definition) is 1. The maximum Gasteiger partial charge on any atom is 0.237 e. The molecule has 3 nitrogen and oxygen atoms in total. The van der Waals surface area contributed by atoms with Gasteiger partial charge >= 0.3 is 0 Å². The summed E-state index contributed by atoms with van der Waals surface area (Å²) in [6.07, 6.45) is 0. The van der Waals surface area contributed by atoms with Gasteiger partial charge in [0.05, 0.1) is 16.5 Å². The van der Waals surface area contributed by atoms with Crippen molar-refractivity contribution in [3.63, 3.8) is 0 Å². The molecular weight excluding hydrogens is 256 g/mol. The molecule has 4 heteroatoms. The van der Waals surface area contributed by atoms with E-state index in [2.05, 4.69) is 21.2 Å². The highest BCUT2D eigenvalue weighted by molar-refractivity contribution is 9.10. The number of alkyl halides is 1. The molecule has 1 N–H and O–H groups in total. The number of nitrogens with one attached hydrogen (secondary N) is 1. The molecule has 1 aromatic rings. The third-order valence-electron chi connectivity index (χ3n) is 1.99. The molecule has 0 aliphatic rings. The van der Waals surface area contributed by atoms with E-state index in [-0.39, 0.29) is 10.7 Å². The molecular formula is C11H11BrN2O. The lowest BCUT2D eigenvalue weighted by Crippen LogP contribution is -2.20. The Morgan fingerprint density at radius 3 is 2.80 bits per heavy atom. The van der Waals surface area contributed by atoms with Crippen molar-refractivity contribution in [2.45, 2.75) is 18.7 Å². The molecule has 1 amide bonds. The molecule has 0 radical (unpaired) electrons. The fourth-order valence-corrected chi connectivity index (χ4v) is 1.17. The number of amides is 1. The van der Waals surface area contributed by atoms with Crippen LogP contribution in [0.15, 0.2) is 18.2 Å². The number of nitriles is 1. The Bertz CT molecular complexity index is 421. The fourth-order valence-electron chi connectivity index (χ4n) is 1.06. The zero-order valence-corrected chi connectivity index (χ0v) is 10.1. The quantitative estimate of drug-likeness (QED) is 0.837. The average Bonchev–Trinajstić information content (AvgIpc) is 2.21. The Balaban J connectivity index is 2.94. The highest BCUT2D eigenvalue weighted by Crippen LogP contribution is 2.17. The Kier molecular flexibility index (Phi) is 3.87. The third kappa shape index (κ3) is 3.07. The molecule has 15 heavy (non-hydrogen) atoms. The minimum Gasteiger partial charge on any atom is -0.325 e. The van der Waals surface area contributed by atoms with Crippen LogP contribution in [0.3, 0.4) is 0 Å². The highest BCUT2D eigenvalue weighted by atomic mass is 79.9. The number of aryl methyl sites for hydroxylation is 1. The van der Waals surface area contributed by atoms with Gasteiger partial charge in [-0.05, 0) is 31.5 Å². The van der Waals surface area contributed by atoms with Crippen molar-refractivity contribution in [2.24, 2.45) is 0 Å². The lowest BCUT2D eigenvalue weighted by molar-refractivity contribution is -0.115. The van der Waals surface area contributed by atoms with Crippen molar-refractivity contribution in [3.8, 4) is 6.07 Å². The maximum absolute atomic E-state index is 11.4. The Morgan fingerprint density at radius 2 is 2.27 bits per heavy atom. The monoisotopic (exact) mass is 266 g/mol. The van der Waals surface area contributed by atoms with Crippen molar-refractivity contribution < 1.29 is 4.79 Å². The van der Waals surface area contributed by atoms with E-state index < -0.39 is 0 Å². The Hall–Kier alpha value is -1.34.